The number of hydrogen-bond acceptors (Lipinski definition) is 2. The first-order valence-electron chi connectivity index (χ1n) is 11.3. The molecule has 0 saturated heterocycles. The van der Waals surface area contributed by atoms with Gasteiger partial charge in [0, 0.05) is 27.7 Å². The van der Waals surface area contributed by atoms with Gasteiger partial charge in [-0.1, -0.05) is 83.9 Å². The molecule has 1 unspecified atom stereocenters. The van der Waals surface area contributed by atoms with Gasteiger partial charge in [0.25, 0.3) is 0 Å². The fourth-order valence-corrected chi connectivity index (χ4v) is 5.20. The monoisotopic (exact) mass is 428 g/mol. The molecule has 5 aromatic rings. The van der Waals surface area contributed by atoms with Crippen LogP contribution < -0.4 is 5.32 Å². The van der Waals surface area contributed by atoms with Crippen molar-refractivity contribution in [1.82, 2.24) is 4.98 Å². The Hall–Kier alpha value is -4.11. The number of aryl methyl sites for hydroxylation is 2. The number of carbonyl (C=O) groups excluding carboxylic acids is 1. The predicted octanol–water partition coefficient (Wildman–Crippen LogP) is 7.00. The summed E-state index contributed by atoms with van der Waals surface area (Å²) >= 11 is 0. The maximum atomic E-state index is 14.3. The number of para-hydroxylation sites is 2. The zero-order chi connectivity index (χ0) is 22.6. The lowest BCUT2D eigenvalue weighted by Crippen LogP contribution is -2.40. The first-order valence-corrected chi connectivity index (χ1v) is 11.3. The average molecular weight is 429 g/mol. The third kappa shape index (κ3) is 2.86. The van der Waals surface area contributed by atoms with Gasteiger partial charge in [0.2, 0.25) is 0 Å². The first kappa shape index (κ1) is 19.6. The Morgan fingerprint density at radius 2 is 1.45 bits per heavy atom. The number of aromatic amines is 1. The number of ketones is 1. The van der Waals surface area contributed by atoms with Crippen molar-refractivity contribution in [3.8, 4) is 11.3 Å². The quantitative estimate of drug-likeness (QED) is 0.325. The van der Waals surface area contributed by atoms with E-state index < -0.39 is 5.54 Å². The molecular formula is C30H24N2O. The maximum Gasteiger partial charge on any atom is 0.199 e. The van der Waals surface area contributed by atoms with Crippen LogP contribution in [-0.2, 0) is 5.54 Å². The fraction of sp³-hybridized carbons (Fsp3) is 0.100. The normalized spacial score (nSPS) is 17.2. The number of carbonyl (C=O) groups is 1. The van der Waals surface area contributed by atoms with Crippen LogP contribution in [0.1, 0.15) is 32.6 Å². The van der Waals surface area contributed by atoms with Crippen LogP contribution in [0.3, 0.4) is 0 Å². The number of hydrogen-bond donors (Lipinski definition) is 2. The van der Waals surface area contributed by atoms with Crippen molar-refractivity contribution in [2.75, 3.05) is 5.32 Å². The van der Waals surface area contributed by atoms with E-state index in [1.807, 2.05) is 42.5 Å². The van der Waals surface area contributed by atoms with Gasteiger partial charge in [0.05, 0.1) is 5.69 Å². The Balaban J connectivity index is 1.75. The Labute approximate surface area is 193 Å². The molecule has 0 bridgehead atoms. The van der Waals surface area contributed by atoms with E-state index in [1.165, 1.54) is 5.56 Å². The summed E-state index contributed by atoms with van der Waals surface area (Å²) in [6, 6.07) is 32.8. The van der Waals surface area contributed by atoms with Crippen molar-refractivity contribution >= 4 is 22.4 Å². The zero-order valence-corrected chi connectivity index (χ0v) is 18.6. The van der Waals surface area contributed by atoms with Gasteiger partial charge in [0.1, 0.15) is 0 Å². The summed E-state index contributed by atoms with van der Waals surface area (Å²) in [5, 5.41) is 4.74. The van der Waals surface area contributed by atoms with Crippen molar-refractivity contribution in [1.29, 1.82) is 0 Å². The number of rotatable bonds is 3. The third-order valence-electron chi connectivity index (χ3n) is 6.67. The molecule has 1 aromatic heterocycles. The van der Waals surface area contributed by atoms with Crippen molar-refractivity contribution in [2.24, 2.45) is 0 Å². The minimum atomic E-state index is -1.03. The summed E-state index contributed by atoms with van der Waals surface area (Å²) in [5.74, 6) is 0.0716. The predicted molar refractivity (Wildman–Crippen MR) is 135 cm³/mol. The topological polar surface area (TPSA) is 44.9 Å². The summed E-state index contributed by atoms with van der Waals surface area (Å²) in [6.07, 6.45) is 0. The van der Waals surface area contributed by atoms with Crippen molar-refractivity contribution in [3.63, 3.8) is 0 Å². The Bertz CT molecular complexity index is 1540. The molecule has 4 aromatic carbocycles. The molecule has 6 rings (SSSR count). The third-order valence-corrected chi connectivity index (χ3v) is 6.67. The van der Waals surface area contributed by atoms with Crippen molar-refractivity contribution in [3.05, 3.63) is 125 Å². The molecule has 0 saturated carbocycles. The highest BCUT2D eigenvalue weighted by molar-refractivity contribution is 6.18. The summed E-state index contributed by atoms with van der Waals surface area (Å²) < 4.78 is 0. The van der Waals surface area contributed by atoms with Gasteiger partial charge in [-0.2, -0.15) is 0 Å². The first-order chi connectivity index (χ1) is 16.1. The van der Waals surface area contributed by atoms with Crippen molar-refractivity contribution in [2.45, 2.75) is 19.4 Å². The van der Waals surface area contributed by atoms with E-state index in [0.29, 0.717) is 0 Å². The molecule has 3 heteroatoms. The van der Waals surface area contributed by atoms with Crippen LogP contribution in [0.25, 0.3) is 22.2 Å². The van der Waals surface area contributed by atoms with Gasteiger partial charge in [-0.05, 0) is 49.2 Å². The van der Waals surface area contributed by atoms with E-state index in [0.717, 1.165) is 50.1 Å². The molecule has 0 aliphatic carbocycles. The van der Waals surface area contributed by atoms with Crippen LogP contribution in [0.5, 0.6) is 0 Å². The molecule has 0 radical (unpaired) electrons. The number of fused-ring (bicyclic) bond motifs is 2. The van der Waals surface area contributed by atoms with Crippen LogP contribution in [0.2, 0.25) is 0 Å². The molecule has 3 nitrogen and oxygen atoms in total. The van der Waals surface area contributed by atoms with Crippen LogP contribution in [0.4, 0.5) is 5.69 Å². The molecule has 33 heavy (non-hydrogen) atoms. The van der Waals surface area contributed by atoms with Gasteiger partial charge in [0.15, 0.2) is 11.3 Å². The molecule has 0 fully saturated rings. The standard InChI is InChI=1S/C30H24N2O/c1-19-9-7-11-21(17-19)28-27(23-13-3-5-15-25(23)31-28)30(22-12-8-10-20(2)18-22)29(33)24-14-4-6-16-26(24)32-30/h3-18,31-32H,1-2H3. The van der Waals surface area contributed by atoms with Gasteiger partial charge in [-0.3, -0.25) is 4.79 Å². The fourth-order valence-electron chi connectivity index (χ4n) is 5.20. The lowest BCUT2D eigenvalue weighted by molar-refractivity contribution is 0.0942. The summed E-state index contributed by atoms with van der Waals surface area (Å²) in [5.41, 5.74) is 7.82. The van der Waals surface area contributed by atoms with Crippen molar-refractivity contribution < 1.29 is 4.79 Å². The lowest BCUT2D eigenvalue weighted by atomic mass is 9.77. The Morgan fingerprint density at radius 1 is 0.727 bits per heavy atom. The second-order valence-corrected chi connectivity index (χ2v) is 8.91. The van der Waals surface area contributed by atoms with Crippen LogP contribution >= 0.6 is 0 Å². The van der Waals surface area contributed by atoms with Gasteiger partial charge >= 0.3 is 0 Å². The van der Waals surface area contributed by atoms with Crippen LogP contribution in [0.15, 0.2) is 97.1 Å². The van der Waals surface area contributed by atoms with E-state index in [1.54, 1.807) is 0 Å². The average Bonchev–Trinajstić information content (AvgIpc) is 3.36. The highest BCUT2D eigenvalue weighted by Crippen LogP contribution is 2.49. The second-order valence-electron chi connectivity index (χ2n) is 8.91. The van der Waals surface area contributed by atoms with Gasteiger partial charge < -0.3 is 10.3 Å². The highest BCUT2D eigenvalue weighted by atomic mass is 16.1. The smallest absolute Gasteiger partial charge is 0.199 e. The lowest BCUT2D eigenvalue weighted by Gasteiger charge is -2.31. The van der Waals surface area contributed by atoms with Crippen LogP contribution in [0, 0.1) is 13.8 Å². The Kier molecular flexibility index (Phi) is 4.27. The number of Topliss-reactive ketones (excluding diaryl/α,β-unsaturated/α-hetero) is 1. The second kappa shape index (κ2) is 7.21. The highest BCUT2D eigenvalue weighted by Gasteiger charge is 2.50. The molecule has 0 spiro atoms. The largest absolute Gasteiger partial charge is 0.365 e. The van der Waals surface area contributed by atoms with E-state index in [4.69, 9.17) is 0 Å². The summed E-state index contributed by atoms with van der Waals surface area (Å²) in [6.45, 7) is 4.16. The molecular weight excluding hydrogens is 404 g/mol. The minimum Gasteiger partial charge on any atom is -0.365 e. The van der Waals surface area contributed by atoms with Gasteiger partial charge in [-0.25, -0.2) is 0 Å². The number of benzene rings is 4. The Morgan fingerprint density at radius 3 is 2.24 bits per heavy atom. The number of anilines is 1. The molecule has 0 amide bonds. The molecule has 160 valence electrons. The zero-order valence-electron chi connectivity index (χ0n) is 18.6. The van der Waals surface area contributed by atoms with E-state index in [9.17, 15) is 4.79 Å². The maximum absolute atomic E-state index is 14.3. The molecule has 2 heterocycles. The SMILES string of the molecule is Cc1cccc(-c2[nH]c3ccccc3c2C2(c3cccc(C)c3)Nc3ccccc3C2=O)c1. The number of nitrogens with one attached hydrogen (secondary N) is 2. The number of aromatic nitrogens is 1. The number of H-pyrrole nitrogens is 1. The summed E-state index contributed by atoms with van der Waals surface area (Å²) in [7, 11) is 0. The van der Waals surface area contributed by atoms with E-state index >= 15 is 0 Å². The molecule has 2 N–H and O–H groups in total. The molecule has 1 aliphatic rings. The minimum absolute atomic E-state index is 0.0716. The molecule has 1 atom stereocenters. The summed E-state index contributed by atoms with van der Waals surface area (Å²) in [4.78, 5) is 18.0. The van der Waals surface area contributed by atoms with Crippen LogP contribution in [-0.4, -0.2) is 10.8 Å². The van der Waals surface area contributed by atoms with E-state index in [2.05, 4.69) is 78.7 Å². The molecule has 1 aliphatic heterocycles. The van der Waals surface area contributed by atoms with Gasteiger partial charge in [-0.15, -0.1) is 0 Å². The van der Waals surface area contributed by atoms with E-state index in [-0.39, 0.29) is 5.78 Å².